The van der Waals surface area contributed by atoms with Crippen LogP contribution in [0.25, 0.3) is 0 Å². The fraction of sp³-hybridized carbons (Fsp3) is 0.667. The molecule has 2 fully saturated rings. The summed E-state index contributed by atoms with van der Waals surface area (Å²) >= 11 is 1.89. The number of thiophene rings is 1. The van der Waals surface area contributed by atoms with E-state index in [0.717, 1.165) is 6.54 Å². The summed E-state index contributed by atoms with van der Waals surface area (Å²) in [5, 5.41) is 5.96. The number of nitrogens with zero attached hydrogens (tertiary/aromatic N) is 1. The highest BCUT2D eigenvalue weighted by atomic mass is 32.1. The Kier molecular flexibility index (Phi) is 2.88. The van der Waals surface area contributed by atoms with Gasteiger partial charge in [-0.2, -0.15) is 0 Å². The zero-order chi connectivity index (χ0) is 12.8. The van der Waals surface area contributed by atoms with Crippen molar-refractivity contribution in [3.63, 3.8) is 0 Å². The zero-order valence-corrected chi connectivity index (χ0v) is 11.9. The van der Waals surface area contributed by atoms with Gasteiger partial charge >= 0.3 is 0 Å². The molecule has 3 aliphatic rings. The molecule has 1 aliphatic heterocycles. The quantitative estimate of drug-likeness (QED) is 0.920. The van der Waals surface area contributed by atoms with Crippen LogP contribution in [0.4, 0.5) is 0 Å². The number of amides is 1. The number of rotatable bonds is 3. The third-order valence-corrected chi connectivity index (χ3v) is 5.63. The summed E-state index contributed by atoms with van der Waals surface area (Å²) in [6.07, 6.45) is 6.87. The SMILES string of the molecule is O=C1C[C@@H](N[C@@H]2CCCc3sccc32)CN1C1CC1. The minimum absolute atomic E-state index is 0.362. The van der Waals surface area contributed by atoms with Crippen molar-refractivity contribution < 1.29 is 4.79 Å². The molecule has 4 heteroatoms. The molecule has 2 aliphatic carbocycles. The zero-order valence-electron chi connectivity index (χ0n) is 11.1. The fourth-order valence-corrected chi connectivity index (χ4v) is 4.51. The number of nitrogens with one attached hydrogen (secondary N) is 1. The molecule has 19 heavy (non-hydrogen) atoms. The summed E-state index contributed by atoms with van der Waals surface area (Å²) in [6, 6.07) is 3.69. The van der Waals surface area contributed by atoms with Crippen LogP contribution in [-0.2, 0) is 11.2 Å². The van der Waals surface area contributed by atoms with Crippen LogP contribution in [0.5, 0.6) is 0 Å². The topological polar surface area (TPSA) is 32.3 Å². The Hall–Kier alpha value is -0.870. The molecule has 1 N–H and O–H groups in total. The Morgan fingerprint density at radius 2 is 2.21 bits per heavy atom. The Morgan fingerprint density at radius 1 is 1.32 bits per heavy atom. The minimum atomic E-state index is 0.362. The number of fused-ring (bicyclic) bond motifs is 1. The number of hydrogen-bond acceptors (Lipinski definition) is 3. The van der Waals surface area contributed by atoms with E-state index in [1.165, 1.54) is 37.7 Å². The van der Waals surface area contributed by atoms with Crippen molar-refractivity contribution >= 4 is 17.2 Å². The van der Waals surface area contributed by atoms with Crippen molar-refractivity contribution in [2.45, 2.75) is 56.7 Å². The number of carbonyl (C=O) groups excluding carboxylic acids is 1. The molecule has 1 aromatic rings. The van der Waals surface area contributed by atoms with Crippen LogP contribution in [0, 0.1) is 0 Å². The molecule has 1 aromatic heterocycles. The second-order valence-electron chi connectivity index (χ2n) is 6.09. The summed E-state index contributed by atoms with van der Waals surface area (Å²) in [5.74, 6) is 0.362. The van der Waals surface area contributed by atoms with Crippen LogP contribution in [0.1, 0.15) is 48.6 Å². The lowest BCUT2D eigenvalue weighted by atomic mass is 9.93. The maximum Gasteiger partial charge on any atom is 0.224 e. The summed E-state index contributed by atoms with van der Waals surface area (Å²) in [5.41, 5.74) is 1.49. The average Bonchev–Trinajstić information content (AvgIpc) is 3.00. The molecule has 2 heterocycles. The molecule has 0 spiro atoms. The molecule has 4 rings (SSSR count). The van der Waals surface area contributed by atoms with Gasteiger partial charge in [0.15, 0.2) is 0 Å². The molecule has 0 aromatic carbocycles. The van der Waals surface area contributed by atoms with Crippen LogP contribution < -0.4 is 5.32 Å². The van der Waals surface area contributed by atoms with Crippen molar-refractivity contribution in [1.29, 1.82) is 0 Å². The van der Waals surface area contributed by atoms with Gasteiger partial charge in [-0.1, -0.05) is 0 Å². The number of hydrogen-bond donors (Lipinski definition) is 1. The van der Waals surface area contributed by atoms with Gasteiger partial charge in [0.25, 0.3) is 0 Å². The van der Waals surface area contributed by atoms with Gasteiger partial charge in [-0.05, 0) is 49.1 Å². The second-order valence-corrected chi connectivity index (χ2v) is 7.09. The van der Waals surface area contributed by atoms with E-state index in [1.54, 1.807) is 4.88 Å². The number of likely N-dealkylation sites (tertiary alicyclic amines) is 1. The first kappa shape index (κ1) is 11.9. The van der Waals surface area contributed by atoms with E-state index in [1.807, 2.05) is 11.3 Å². The Balaban J connectivity index is 1.44. The Morgan fingerprint density at radius 3 is 3.05 bits per heavy atom. The molecular formula is C15H20N2OS. The molecule has 0 bridgehead atoms. The predicted octanol–water partition coefficient (Wildman–Crippen LogP) is 2.48. The first-order valence-corrected chi connectivity index (χ1v) is 8.31. The lowest BCUT2D eigenvalue weighted by Gasteiger charge is -2.27. The summed E-state index contributed by atoms with van der Waals surface area (Å²) in [6.45, 7) is 0.930. The van der Waals surface area contributed by atoms with E-state index in [2.05, 4.69) is 21.7 Å². The average molecular weight is 276 g/mol. The third kappa shape index (κ3) is 2.21. The summed E-state index contributed by atoms with van der Waals surface area (Å²) in [7, 11) is 0. The fourth-order valence-electron chi connectivity index (χ4n) is 3.53. The monoisotopic (exact) mass is 276 g/mol. The van der Waals surface area contributed by atoms with Crippen molar-refractivity contribution in [2.24, 2.45) is 0 Å². The molecule has 1 saturated heterocycles. The van der Waals surface area contributed by atoms with Crippen molar-refractivity contribution in [2.75, 3.05) is 6.54 Å². The largest absolute Gasteiger partial charge is 0.338 e. The highest BCUT2D eigenvalue weighted by molar-refractivity contribution is 7.10. The second kappa shape index (κ2) is 4.60. The van der Waals surface area contributed by atoms with Crippen LogP contribution >= 0.6 is 11.3 Å². The standard InChI is InChI=1S/C15H20N2OS/c18-15-8-10(9-17(15)11-4-5-11)16-13-2-1-3-14-12(13)6-7-19-14/h6-7,10-11,13,16H,1-5,8-9H2/t10-,13-/m1/s1. The van der Waals surface area contributed by atoms with Crippen molar-refractivity contribution in [3.05, 3.63) is 21.9 Å². The maximum absolute atomic E-state index is 12.0. The summed E-state index contributed by atoms with van der Waals surface area (Å²) in [4.78, 5) is 15.6. The molecule has 0 radical (unpaired) electrons. The van der Waals surface area contributed by atoms with Crippen LogP contribution in [0.15, 0.2) is 11.4 Å². The number of carbonyl (C=O) groups is 1. The van der Waals surface area contributed by atoms with E-state index in [0.29, 0.717) is 30.5 Å². The smallest absolute Gasteiger partial charge is 0.224 e. The molecule has 1 saturated carbocycles. The molecule has 3 nitrogen and oxygen atoms in total. The van der Waals surface area contributed by atoms with Crippen LogP contribution in [0.3, 0.4) is 0 Å². The molecule has 2 atom stereocenters. The lowest BCUT2D eigenvalue weighted by Crippen LogP contribution is -2.37. The first-order valence-electron chi connectivity index (χ1n) is 7.43. The molecule has 102 valence electrons. The molecule has 1 amide bonds. The van der Waals surface area contributed by atoms with Crippen molar-refractivity contribution in [1.82, 2.24) is 10.2 Å². The van der Waals surface area contributed by atoms with Gasteiger partial charge in [0.1, 0.15) is 0 Å². The highest BCUT2D eigenvalue weighted by Crippen LogP contribution is 2.35. The predicted molar refractivity (Wildman–Crippen MR) is 76.3 cm³/mol. The van der Waals surface area contributed by atoms with Crippen LogP contribution in [-0.4, -0.2) is 29.4 Å². The first-order chi connectivity index (χ1) is 9.31. The van der Waals surface area contributed by atoms with Gasteiger partial charge in [0.05, 0.1) is 0 Å². The maximum atomic E-state index is 12.0. The van der Waals surface area contributed by atoms with Gasteiger partial charge in [0, 0.05) is 36.0 Å². The highest BCUT2D eigenvalue weighted by Gasteiger charge is 2.40. The van der Waals surface area contributed by atoms with E-state index >= 15 is 0 Å². The molecular weight excluding hydrogens is 256 g/mol. The van der Waals surface area contributed by atoms with E-state index in [9.17, 15) is 4.79 Å². The lowest BCUT2D eigenvalue weighted by molar-refractivity contribution is -0.128. The normalized spacial score (nSPS) is 30.7. The van der Waals surface area contributed by atoms with Crippen molar-refractivity contribution in [3.8, 4) is 0 Å². The van der Waals surface area contributed by atoms with E-state index < -0.39 is 0 Å². The van der Waals surface area contributed by atoms with Gasteiger partial charge in [-0.3, -0.25) is 4.79 Å². The van der Waals surface area contributed by atoms with Gasteiger partial charge in [-0.25, -0.2) is 0 Å². The van der Waals surface area contributed by atoms with Gasteiger partial charge in [0.2, 0.25) is 5.91 Å². The molecule has 0 unspecified atom stereocenters. The van der Waals surface area contributed by atoms with Gasteiger partial charge in [-0.15, -0.1) is 11.3 Å². The van der Waals surface area contributed by atoms with Crippen LogP contribution in [0.2, 0.25) is 0 Å². The Labute approximate surface area is 118 Å². The minimum Gasteiger partial charge on any atom is -0.338 e. The Bertz CT molecular complexity index is 494. The van der Waals surface area contributed by atoms with E-state index in [-0.39, 0.29) is 0 Å². The van der Waals surface area contributed by atoms with E-state index in [4.69, 9.17) is 0 Å². The summed E-state index contributed by atoms with van der Waals surface area (Å²) < 4.78 is 0. The number of aryl methyl sites for hydroxylation is 1. The third-order valence-electron chi connectivity index (χ3n) is 4.63. The van der Waals surface area contributed by atoms with Gasteiger partial charge < -0.3 is 10.2 Å².